The molecule has 2 heterocycles. The van der Waals surface area contributed by atoms with Crippen molar-refractivity contribution in [3.63, 3.8) is 0 Å². The van der Waals surface area contributed by atoms with Gasteiger partial charge in [0.05, 0.1) is 19.8 Å². The van der Waals surface area contributed by atoms with E-state index in [1.807, 2.05) is 43.3 Å². The summed E-state index contributed by atoms with van der Waals surface area (Å²) in [6, 6.07) is 13.3. The summed E-state index contributed by atoms with van der Waals surface area (Å²) >= 11 is 0. The van der Waals surface area contributed by atoms with Gasteiger partial charge in [-0.05, 0) is 54.8 Å². The Labute approximate surface area is 193 Å². The average Bonchev–Trinajstić information content (AvgIpc) is 3.46. The highest BCUT2D eigenvalue weighted by Crippen LogP contribution is 2.28. The molecule has 1 aliphatic rings. The molecule has 3 N–H and O–H groups in total. The molecule has 0 saturated carbocycles. The van der Waals surface area contributed by atoms with Crippen molar-refractivity contribution in [2.24, 2.45) is 0 Å². The van der Waals surface area contributed by atoms with Crippen LogP contribution in [0.25, 0.3) is 11.1 Å². The average molecular weight is 449 g/mol. The predicted octanol–water partition coefficient (Wildman–Crippen LogP) is 2.64. The van der Waals surface area contributed by atoms with E-state index < -0.39 is 18.2 Å². The van der Waals surface area contributed by atoms with E-state index in [4.69, 9.17) is 9.47 Å². The second-order valence-electron chi connectivity index (χ2n) is 8.16. The minimum absolute atomic E-state index is 0.182. The number of rotatable bonds is 6. The van der Waals surface area contributed by atoms with Gasteiger partial charge in [-0.1, -0.05) is 30.0 Å². The predicted molar refractivity (Wildman–Crippen MR) is 124 cm³/mol. The smallest absolute Gasteiger partial charge is 0.150 e. The van der Waals surface area contributed by atoms with Crippen LogP contribution in [0.15, 0.2) is 54.9 Å². The topological polar surface area (TPSA) is 97.0 Å². The van der Waals surface area contributed by atoms with Crippen molar-refractivity contribution in [3.05, 3.63) is 71.8 Å². The molecule has 0 spiro atoms. The SMILES string of the molecule is Cc1cc(-c2ccc(C#CC(CO)n3ccnc3[C@H](C)O)cc2)ccc1O[C@@H]1COC[C@H]1O. The Hall–Kier alpha value is -3.15. The van der Waals surface area contributed by atoms with Gasteiger partial charge in [-0.2, -0.15) is 0 Å². The zero-order valence-electron chi connectivity index (χ0n) is 18.7. The first kappa shape index (κ1) is 23.0. The Morgan fingerprint density at radius 2 is 1.94 bits per heavy atom. The molecule has 0 amide bonds. The van der Waals surface area contributed by atoms with Crippen LogP contribution in [0.4, 0.5) is 0 Å². The lowest BCUT2D eigenvalue weighted by atomic mass is 10.0. The van der Waals surface area contributed by atoms with Gasteiger partial charge in [-0.15, -0.1) is 0 Å². The van der Waals surface area contributed by atoms with Gasteiger partial charge in [0.2, 0.25) is 0 Å². The Kier molecular flexibility index (Phi) is 7.11. The summed E-state index contributed by atoms with van der Waals surface area (Å²) < 4.78 is 12.8. The van der Waals surface area contributed by atoms with Crippen LogP contribution in [0.5, 0.6) is 5.75 Å². The monoisotopic (exact) mass is 448 g/mol. The molecule has 0 radical (unpaired) electrons. The highest BCUT2D eigenvalue weighted by Gasteiger charge is 2.28. The van der Waals surface area contributed by atoms with E-state index in [1.165, 1.54) is 0 Å². The number of hydrogen-bond donors (Lipinski definition) is 3. The zero-order valence-corrected chi connectivity index (χ0v) is 18.7. The number of aryl methyl sites for hydroxylation is 1. The summed E-state index contributed by atoms with van der Waals surface area (Å²) in [5, 5.41) is 29.5. The summed E-state index contributed by atoms with van der Waals surface area (Å²) in [6.07, 6.45) is 1.61. The van der Waals surface area contributed by atoms with Gasteiger partial charge in [0.15, 0.2) is 0 Å². The van der Waals surface area contributed by atoms with Gasteiger partial charge >= 0.3 is 0 Å². The minimum atomic E-state index is -0.744. The molecule has 7 nitrogen and oxygen atoms in total. The van der Waals surface area contributed by atoms with Crippen molar-refractivity contribution in [3.8, 4) is 28.7 Å². The molecule has 4 atom stereocenters. The molecule has 1 aromatic heterocycles. The molecule has 0 aliphatic carbocycles. The number of benzene rings is 2. The normalized spacial score (nSPS) is 19.5. The van der Waals surface area contributed by atoms with Crippen LogP contribution in [0.1, 0.15) is 36.0 Å². The van der Waals surface area contributed by atoms with Crippen LogP contribution in [0.2, 0.25) is 0 Å². The van der Waals surface area contributed by atoms with Gasteiger partial charge in [-0.25, -0.2) is 4.98 Å². The van der Waals surface area contributed by atoms with Gasteiger partial charge in [-0.3, -0.25) is 0 Å². The lowest BCUT2D eigenvalue weighted by molar-refractivity contribution is 0.0729. The molecule has 33 heavy (non-hydrogen) atoms. The van der Waals surface area contributed by atoms with Gasteiger partial charge in [0, 0.05) is 18.0 Å². The third-order valence-electron chi connectivity index (χ3n) is 5.64. The highest BCUT2D eigenvalue weighted by molar-refractivity contribution is 5.66. The summed E-state index contributed by atoms with van der Waals surface area (Å²) in [7, 11) is 0. The first-order valence-corrected chi connectivity index (χ1v) is 10.9. The van der Waals surface area contributed by atoms with E-state index in [-0.39, 0.29) is 12.7 Å². The van der Waals surface area contributed by atoms with Crippen molar-refractivity contribution in [2.45, 2.75) is 38.2 Å². The molecular weight excluding hydrogens is 420 g/mol. The lowest BCUT2D eigenvalue weighted by Crippen LogP contribution is -2.29. The number of nitrogens with zero attached hydrogens (tertiary/aromatic N) is 2. The highest BCUT2D eigenvalue weighted by atomic mass is 16.6. The Bertz CT molecular complexity index is 1140. The number of aromatic nitrogens is 2. The van der Waals surface area contributed by atoms with Gasteiger partial charge in [0.1, 0.15) is 35.9 Å². The maximum Gasteiger partial charge on any atom is 0.150 e. The van der Waals surface area contributed by atoms with E-state index >= 15 is 0 Å². The zero-order chi connectivity index (χ0) is 23.4. The van der Waals surface area contributed by atoms with Crippen molar-refractivity contribution in [2.75, 3.05) is 19.8 Å². The maximum atomic E-state index is 9.89. The fourth-order valence-corrected chi connectivity index (χ4v) is 3.79. The summed E-state index contributed by atoms with van der Waals surface area (Å²) in [5.41, 5.74) is 3.90. The van der Waals surface area contributed by atoms with E-state index in [0.717, 1.165) is 28.0 Å². The molecule has 7 heteroatoms. The summed E-state index contributed by atoms with van der Waals surface area (Å²) in [6.45, 7) is 4.13. The summed E-state index contributed by atoms with van der Waals surface area (Å²) in [4.78, 5) is 4.14. The molecule has 1 unspecified atom stereocenters. The van der Waals surface area contributed by atoms with Crippen LogP contribution >= 0.6 is 0 Å². The largest absolute Gasteiger partial charge is 0.485 e. The molecule has 1 fully saturated rings. The van der Waals surface area contributed by atoms with Gasteiger partial charge < -0.3 is 29.4 Å². The number of imidazole rings is 1. The second-order valence-corrected chi connectivity index (χ2v) is 8.16. The molecular formula is C26H28N2O5. The van der Waals surface area contributed by atoms with Crippen molar-refractivity contribution in [1.29, 1.82) is 0 Å². The molecule has 172 valence electrons. The molecule has 2 aromatic carbocycles. The van der Waals surface area contributed by atoms with Crippen molar-refractivity contribution in [1.82, 2.24) is 9.55 Å². The van der Waals surface area contributed by atoms with Crippen LogP contribution < -0.4 is 4.74 Å². The van der Waals surface area contributed by atoms with E-state index in [9.17, 15) is 15.3 Å². The second kappa shape index (κ2) is 10.2. The van der Waals surface area contributed by atoms with Crippen LogP contribution in [-0.2, 0) is 4.74 Å². The molecule has 3 aromatic rings. The maximum absolute atomic E-state index is 9.89. The van der Waals surface area contributed by atoms with E-state index in [0.29, 0.717) is 19.0 Å². The van der Waals surface area contributed by atoms with Crippen LogP contribution in [0, 0.1) is 18.8 Å². The molecule has 4 rings (SSSR count). The number of aliphatic hydroxyl groups excluding tert-OH is 3. The number of aliphatic hydroxyl groups is 3. The summed E-state index contributed by atoms with van der Waals surface area (Å²) in [5.74, 6) is 7.37. The van der Waals surface area contributed by atoms with Crippen molar-refractivity contribution >= 4 is 0 Å². The molecule has 1 aliphatic heterocycles. The minimum Gasteiger partial charge on any atom is -0.485 e. The van der Waals surface area contributed by atoms with Crippen LogP contribution in [0.3, 0.4) is 0 Å². The number of hydrogen-bond acceptors (Lipinski definition) is 6. The van der Waals surface area contributed by atoms with E-state index in [2.05, 4.69) is 22.9 Å². The third kappa shape index (κ3) is 5.27. The standard InChI is InChI=1S/C26H28N2O5/c1-17-13-21(8-10-24(17)33-25-16-32-15-23(25)31)20-6-3-19(4-7-20)5-9-22(14-29)28-12-11-27-26(28)18(2)30/h3-4,6-8,10-13,18,22-23,25,29-31H,14-16H2,1-2H3/t18-,22?,23+,25+/m0/s1. The van der Waals surface area contributed by atoms with Gasteiger partial charge in [0.25, 0.3) is 0 Å². The third-order valence-corrected chi connectivity index (χ3v) is 5.64. The number of ether oxygens (including phenoxy) is 2. The first-order valence-electron chi connectivity index (χ1n) is 10.9. The Balaban J connectivity index is 1.47. The molecule has 0 bridgehead atoms. The quantitative estimate of drug-likeness (QED) is 0.502. The van der Waals surface area contributed by atoms with E-state index in [1.54, 1.807) is 23.9 Å². The Morgan fingerprint density at radius 3 is 2.58 bits per heavy atom. The van der Waals surface area contributed by atoms with Crippen molar-refractivity contribution < 1.29 is 24.8 Å². The fraction of sp³-hybridized carbons (Fsp3) is 0.346. The first-order chi connectivity index (χ1) is 16.0. The molecule has 1 saturated heterocycles. The Morgan fingerprint density at radius 1 is 1.18 bits per heavy atom. The lowest BCUT2D eigenvalue weighted by Gasteiger charge is -2.17. The fourth-order valence-electron chi connectivity index (χ4n) is 3.79. The van der Waals surface area contributed by atoms with Crippen LogP contribution in [-0.4, -0.2) is 56.9 Å².